The molecular weight excluding hydrogens is 342 g/mol. The number of rotatable bonds is 4. The van der Waals surface area contributed by atoms with Crippen molar-refractivity contribution in [2.24, 2.45) is 5.73 Å². The molecule has 6 heteroatoms. The maximum absolute atomic E-state index is 12.4. The van der Waals surface area contributed by atoms with Gasteiger partial charge in [-0.1, -0.05) is 12.5 Å². The van der Waals surface area contributed by atoms with Gasteiger partial charge in [0.15, 0.2) is 9.84 Å². The van der Waals surface area contributed by atoms with Crippen LogP contribution in [0.15, 0.2) is 27.6 Å². The Morgan fingerprint density at radius 2 is 2.05 bits per heavy atom. The van der Waals surface area contributed by atoms with Crippen molar-refractivity contribution in [2.45, 2.75) is 34.8 Å². The first-order chi connectivity index (χ1) is 9.49. The van der Waals surface area contributed by atoms with Crippen molar-refractivity contribution >= 4 is 25.8 Å². The molecule has 0 unspecified atom stereocenters. The van der Waals surface area contributed by atoms with E-state index in [2.05, 4.69) is 15.9 Å². The largest absolute Gasteiger partial charge is 0.379 e. The lowest BCUT2D eigenvalue weighted by atomic mass is 9.64. The zero-order valence-electron chi connectivity index (χ0n) is 11.1. The van der Waals surface area contributed by atoms with Gasteiger partial charge in [-0.15, -0.1) is 0 Å². The fourth-order valence-corrected chi connectivity index (χ4v) is 5.40. The van der Waals surface area contributed by atoms with E-state index in [4.69, 9.17) is 10.5 Å². The number of hydrogen-bond acceptors (Lipinski definition) is 4. The van der Waals surface area contributed by atoms with Crippen molar-refractivity contribution in [2.75, 3.05) is 19.8 Å². The topological polar surface area (TPSA) is 69.4 Å². The molecule has 0 atom stereocenters. The van der Waals surface area contributed by atoms with Crippen LogP contribution in [0.5, 0.6) is 0 Å². The molecule has 0 amide bonds. The normalized spacial score (nSPS) is 22.1. The first-order valence-corrected chi connectivity index (χ1v) is 9.15. The standard InChI is InChI=1S/C14H18BrNO3S/c15-12-6-10(14(9-16)4-1-5-14)2-3-13(12)20(17,18)11-7-19-8-11/h2-3,6,11H,1,4-5,7-9,16H2. The van der Waals surface area contributed by atoms with Crippen molar-refractivity contribution in [3.63, 3.8) is 0 Å². The molecule has 20 heavy (non-hydrogen) atoms. The molecule has 1 saturated heterocycles. The monoisotopic (exact) mass is 359 g/mol. The molecule has 3 rings (SSSR count). The summed E-state index contributed by atoms with van der Waals surface area (Å²) < 4.78 is 30.5. The highest BCUT2D eigenvalue weighted by Crippen LogP contribution is 2.44. The average molecular weight is 360 g/mol. The van der Waals surface area contributed by atoms with E-state index in [1.54, 1.807) is 6.07 Å². The van der Waals surface area contributed by atoms with Crippen LogP contribution in [-0.4, -0.2) is 33.4 Å². The SMILES string of the molecule is NCC1(c2ccc(S(=O)(=O)C3COC3)c(Br)c2)CCC1. The second-order valence-electron chi connectivity index (χ2n) is 5.69. The van der Waals surface area contributed by atoms with Crippen LogP contribution in [0, 0.1) is 0 Å². The van der Waals surface area contributed by atoms with E-state index in [0.29, 0.717) is 29.1 Å². The third-order valence-corrected chi connectivity index (χ3v) is 7.64. The van der Waals surface area contributed by atoms with Gasteiger partial charge in [0.25, 0.3) is 0 Å². The molecular formula is C14H18BrNO3S. The van der Waals surface area contributed by atoms with E-state index in [-0.39, 0.29) is 5.41 Å². The fourth-order valence-electron chi connectivity index (χ4n) is 2.85. The van der Waals surface area contributed by atoms with E-state index in [9.17, 15) is 8.42 Å². The van der Waals surface area contributed by atoms with Gasteiger partial charge in [-0.05, 0) is 46.5 Å². The Labute approximate surface area is 127 Å². The van der Waals surface area contributed by atoms with Gasteiger partial charge in [0, 0.05) is 16.4 Å². The molecule has 1 saturated carbocycles. The van der Waals surface area contributed by atoms with E-state index < -0.39 is 15.1 Å². The molecule has 1 heterocycles. The highest BCUT2D eigenvalue weighted by atomic mass is 79.9. The second kappa shape index (κ2) is 5.09. The second-order valence-corrected chi connectivity index (χ2v) is 8.74. The lowest BCUT2D eigenvalue weighted by Gasteiger charge is -2.41. The molecule has 0 aromatic heterocycles. The van der Waals surface area contributed by atoms with Crippen LogP contribution in [0.4, 0.5) is 0 Å². The summed E-state index contributed by atoms with van der Waals surface area (Å²) in [6.07, 6.45) is 3.35. The van der Waals surface area contributed by atoms with E-state index in [0.717, 1.165) is 18.4 Å². The molecule has 2 fully saturated rings. The van der Waals surface area contributed by atoms with Crippen LogP contribution in [0.2, 0.25) is 0 Å². The fraction of sp³-hybridized carbons (Fsp3) is 0.571. The van der Waals surface area contributed by atoms with Gasteiger partial charge in [-0.2, -0.15) is 0 Å². The zero-order chi connectivity index (χ0) is 14.4. The number of ether oxygens (including phenoxy) is 1. The minimum atomic E-state index is -3.29. The predicted octanol–water partition coefficient (Wildman–Crippen LogP) is 2.00. The lowest BCUT2D eigenvalue weighted by Crippen LogP contribution is -2.42. The molecule has 110 valence electrons. The Bertz CT molecular complexity index is 616. The third-order valence-electron chi connectivity index (χ3n) is 4.60. The average Bonchev–Trinajstić information content (AvgIpc) is 2.24. The quantitative estimate of drug-likeness (QED) is 0.892. The van der Waals surface area contributed by atoms with Crippen LogP contribution >= 0.6 is 15.9 Å². The Kier molecular flexibility index (Phi) is 3.69. The van der Waals surface area contributed by atoms with Gasteiger partial charge in [0.2, 0.25) is 0 Å². The van der Waals surface area contributed by atoms with Crippen molar-refractivity contribution in [1.29, 1.82) is 0 Å². The van der Waals surface area contributed by atoms with Crippen LogP contribution in [0.3, 0.4) is 0 Å². The van der Waals surface area contributed by atoms with E-state index in [1.165, 1.54) is 6.42 Å². The van der Waals surface area contributed by atoms with Crippen molar-refractivity contribution < 1.29 is 13.2 Å². The molecule has 4 nitrogen and oxygen atoms in total. The zero-order valence-corrected chi connectivity index (χ0v) is 13.5. The smallest absolute Gasteiger partial charge is 0.186 e. The Balaban J connectivity index is 1.96. The third kappa shape index (κ3) is 2.13. The molecule has 1 aliphatic heterocycles. The lowest BCUT2D eigenvalue weighted by molar-refractivity contribution is 0.0416. The number of nitrogens with two attached hydrogens (primary N) is 1. The predicted molar refractivity (Wildman–Crippen MR) is 80.5 cm³/mol. The van der Waals surface area contributed by atoms with E-state index >= 15 is 0 Å². The summed E-state index contributed by atoms with van der Waals surface area (Å²) in [5.74, 6) is 0. The maximum Gasteiger partial charge on any atom is 0.186 e. The summed E-state index contributed by atoms with van der Waals surface area (Å²) in [7, 11) is -3.29. The highest BCUT2D eigenvalue weighted by Gasteiger charge is 2.39. The molecule has 0 radical (unpaired) electrons. The summed E-state index contributed by atoms with van der Waals surface area (Å²) in [5.41, 5.74) is 7.09. The maximum atomic E-state index is 12.4. The molecule has 0 bridgehead atoms. The van der Waals surface area contributed by atoms with Gasteiger partial charge in [-0.25, -0.2) is 8.42 Å². The summed E-state index contributed by atoms with van der Waals surface area (Å²) in [6.45, 7) is 1.20. The first-order valence-electron chi connectivity index (χ1n) is 6.81. The van der Waals surface area contributed by atoms with Crippen molar-refractivity contribution in [1.82, 2.24) is 0 Å². The van der Waals surface area contributed by atoms with Gasteiger partial charge < -0.3 is 10.5 Å². The molecule has 2 aliphatic rings. The minimum Gasteiger partial charge on any atom is -0.379 e. The Morgan fingerprint density at radius 3 is 2.45 bits per heavy atom. The summed E-state index contributed by atoms with van der Waals surface area (Å²) in [6, 6.07) is 5.56. The van der Waals surface area contributed by atoms with Crippen LogP contribution < -0.4 is 5.73 Å². The highest BCUT2D eigenvalue weighted by molar-refractivity contribution is 9.10. The molecule has 2 N–H and O–H groups in total. The van der Waals surface area contributed by atoms with Gasteiger partial charge in [0.1, 0.15) is 5.25 Å². The number of sulfone groups is 1. The first kappa shape index (κ1) is 14.5. The Hall–Kier alpha value is -0.430. The van der Waals surface area contributed by atoms with Crippen LogP contribution in [0.1, 0.15) is 24.8 Å². The summed E-state index contributed by atoms with van der Waals surface area (Å²) in [5, 5.41) is -0.406. The molecule has 1 aliphatic carbocycles. The van der Waals surface area contributed by atoms with Crippen LogP contribution in [0.25, 0.3) is 0 Å². The number of hydrogen-bond donors (Lipinski definition) is 1. The summed E-state index contributed by atoms with van der Waals surface area (Å²) >= 11 is 3.42. The minimum absolute atomic E-state index is 0.0460. The van der Waals surface area contributed by atoms with Gasteiger partial charge in [-0.3, -0.25) is 0 Å². The number of halogens is 1. The van der Waals surface area contributed by atoms with Crippen LogP contribution in [-0.2, 0) is 20.0 Å². The van der Waals surface area contributed by atoms with Gasteiger partial charge in [0.05, 0.1) is 18.1 Å². The molecule has 0 spiro atoms. The van der Waals surface area contributed by atoms with Crippen molar-refractivity contribution in [3.05, 3.63) is 28.2 Å². The summed E-state index contributed by atoms with van der Waals surface area (Å²) in [4.78, 5) is 0.362. The molecule has 1 aromatic rings. The van der Waals surface area contributed by atoms with Gasteiger partial charge >= 0.3 is 0 Å². The molecule has 1 aromatic carbocycles. The number of benzene rings is 1. The van der Waals surface area contributed by atoms with Crippen molar-refractivity contribution in [3.8, 4) is 0 Å². The van der Waals surface area contributed by atoms with E-state index in [1.807, 2.05) is 12.1 Å². The Morgan fingerprint density at radius 1 is 1.35 bits per heavy atom.